The van der Waals surface area contributed by atoms with Crippen molar-refractivity contribution in [1.82, 2.24) is 0 Å². The first-order valence-corrected chi connectivity index (χ1v) is 4.41. The fraction of sp³-hybridized carbons (Fsp3) is 0.273. The molecule has 1 aliphatic rings. The van der Waals surface area contributed by atoms with Crippen LogP contribution in [0.3, 0.4) is 0 Å². The van der Waals surface area contributed by atoms with Crippen LogP contribution in [0.5, 0.6) is 17.2 Å². The van der Waals surface area contributed by atoms with Gasteiger partial charge in [-0.3, -0.25) is 0 Å². The summed E-state index contributed by atoms with van der Waals surface area (Å²) in [4.78, 5) is 0. The van der Waals surface area contributed by atoms with Crippen LogP contribution in [0.4, 0.5) is 0 Å². The summed E-state index contributed by atoms with van der Waals surface area (Å²) in [6.07, 6.45) is 4.53. The Labute approximate surface area is 82.9 Å². The van der Waals surface area contributed by atoms with Gasteiger partial charge in [-0.15, -0.1) is 0 Å². The first-order chi connectivity index (χ1) is 6.85. The van der Waals surface area contributed by atoms with Crippen LogP contribution in [-0.2, 0) is 6.42 Å². The number of hydrogen-bond acceptors (Lipinski definition) is 3. The van der Waals surface area contributed by atoms with Gasteiger partial charge >= 0.3 is 0 Å². The minimum absolute atomic E-state index is 0.696. The van der Waals surface area contributed by atoms with E-state index in [9.17, 15) is 0 Å². The molecule has 0 bridgehead atoms. The molecule has 3 nitrogen and oxygen atoms in total. The molecule has 1 heterocycles. The van der Waals surface area contributed by atoms with Gasteiger partial charge in [-0.2, -0.15) is 0 Å². The van der Waals surface area contributed by atoms with Crippen LogP contribution in [0.1, 0.15) is 5.56 Å². The van der Waals surface area contributed by atoms with Crippen molar-refractivity contribution in [2.75, 3.05) is 14.2 Å². The second-order valence-electron chi connectivity index (χ2n) is 3.01. The fourth-order valence-electron chi connectivity index (χ4n) is 1.47. The summed E-state index contributed by atoms with van der Waals surface area (Å²) in [5, 5.41) is 0. The van der Waals surface area contributed by atoms with E-state index in [0.717, 1.165) is 23.5 Å². The summed E-state index contributed by atoms with van der Waals surface area (Å²) in [5.74, 6) is 2.27. The van der Waals surface area contributed by atoms with Crippen LogP contribution in [0.2, 0.25) is 0 Å². The predicted molar refractivity (Wildman–Crippen MR) is 53.0 cm³/mol. The zero-order chi connectivity index (χ0) is 9.97. The predicted octanol–water partition coefficient (Wildman–Crippen LogP) is 2.15. The van der Waals surface area contributed by atoms with E-state index in [4.69, 9.17) is 14.2 Å². The van der Waals surface area contributed by atoms with Crippen LogP contribution in [-0.4, -0.2) is 14.2 Å². The number of benzene rings is 1. The molecule has 14 heavy (non-hydrogen) atoms. The van der Waals surface area contributed by atoms with Gasteiger partial charge in [-0.1, -0.05) is 0 Å². The van der Waals surface area contributed by atoms with Crippen LogP contribution in [0.25, 0.3) is 0 Å². The van der Waals surface area contributed by atoms with Crippen molar-refractivity contribution < 1.29 is 14.2 Å². The lowest BCUT2D eigenvalue weighted by atomic mass is 10.1. The Kier molecular flexibility index (Phi) is 2.31. The van der Waals surface area contributed by atoms with Gasteiger partial charge in [0.2, 0.25) is 0 Å². The third kappa shape index (κ3) is 1.41. The Morgan fingerprint density at radius 3 is 2.57 bits per heavy atom. The van der Waals surface area contributed by atoms with Crippen LogP contribution in [0.15, 0.2) is 24.5 Å². The van der Waals surface area contributed by atoms with Gasteiger partial charge < -0.3 is 14.2 Å². The Morgan fingerprint density at radius 1 is 1.14 bits per heavy atom. The lowest BCUT2D eigenvalue weighted by Crippen LogP contribution is -1.99. The van der Waals surface area contributed by atoms with E-state index < -0.39 is 0 Å². The summed E-state index contributed by atoms with van der Waals surface area (Å²) >= 11 is 0. The van der Waals surface area contributed by atoms with Crippen molar-refractivity contribution in [1.29, 1.82) is 0 Å². The maximum Gasteiger partial charge on any atom is 0.164 e. The van der Waals surface area contributed by atoms with Gasteiger partial charge in [0, 0.05) is 11.6 Å². The van der Waals surface area contributed by atoms with Crippen molar-refractivity contribution >= 4 is 0 Å². The lowest BCUT2D eigenvalue weighted by Gasteiger charge is -2.15. The smallest absolute Gasteiger partial charge is 0.164 e. The van der Waals surface area contributed by atoms with Gasteiger partial charge in [0.25, 0.3) is 0 Å². The molecular formula is C11H12O3. The molecule has 0 spiro atoms. The van der Waals surface area contributed by atoms with E-state index in [1.54, 1.807) is 20.5 Å². The Balaban J connectivity index is 2.46. The summed E-state index contributed by atoms with van der Waals surface area (Å²) in [5.41, 5.74) is 1.12. The van der Waals surface area contributed by atoms with Crippen molar-refractivity contribution in [3.63, 3.8) is 0 Å². The number of allylic oxidation sites excluding steroid dienone is 1. The number of hydrogen-bond donors (Lipinski definition) is 0. The standard InChI is InChI=1S/C11H12O3/c1-12-10-6-8-4-3-5-14-9(8)7-11(10)13-2/h3,5-7H,4H2,1-2H3. The molecule has 0 aliphatic carbocycles. The topological polar surface area (TPSA) is 27.7 Å². The van der Waals surface area contributed by atoms with E-state index in [0.29, 0.717) is 5.75 Å². The van der Waals surface area contributed by atoms with E-state index in [1.165, 1.54) is 0 Å². The quantitative estimate of drug-likeness (QED) is 0.718. The highest BCUT2D eigenvalue weighted by molar-refractivity contribution is 5.52. The zero-order valence-electron chi connectivity index (χ0n) is 8.24. The maximum atomic E-state index is 5.35. The zero-order valence-corrected chi connectivity index (χ0v) is 8.24. The Bertz CT molecular complexity index is 334. The first kappa shape index (κ1) is 8.94. The minimum atomic E-state index is 0.696. The molecule has 2 rings (SSSR count). The molecule has 0 saturated heterocycles. The van der Waals surface area contributed by atoms with Gasteiger partial charge in [0.15, 0.2) is 11.5 Å². The molecule has 0 unspecified atom stereocenters. The van der Waals surface area contributed by atoms with Crippen LogP contribution < -0.4 is 14.2 Å². The van der Waals surface area contributed by atoms with Crippen molar-refractivity contribution in [2.45, 2.75) is 6.42 Å². The number of methoxy groups -OCH3 is 2. The highest BCUT2D eigenvalue weighted by atomic mass is 16.5. The van der Waals surface area contributed by atoms with Gasteiger partial charge in [0.1, 0.15) is 5.75 Å². The molecule has 0 N–H and O–H groups in total. The molecule has 0 fully saturated rings. The average Bonchev–Trinajstić information content (AvgIpc) is 2.27. The summed E-state index contributed by atoms with van der Waals surface area (Å²) < 4.78 is 15.7. The SMILES string of the molecule is COc1cc2c(cc1OC)OC=CC2. The first-order valence-electron chi connectivity index (χ1n) is 4.41. The third-order valence-electron chi connectivity index (χ3n) is 2.20. The Hall–Kier alpha value is -1.64. The lowest BCUT2D eigenvalue weighted by molar-refractivity contribution is 0.350. The molecule has 1 aromatic rings. The molecule has 0 saturated carbocycles. The number of rotatable bonds is 2. The van der Waals surface area contributed by atoms with Crippen LogP contribution >= 0.6 is 0 Å². The fourth-order valence-corrected chi connectivity index (χ4v) is 1.47. The third-order valence-corrected chi connectivity index (χ3v) is 2.20. The molecule has 74 valence electrons. The molecule has 0 radical (unpaired) electrons. The number of fused-ring (bicyclic) bond motifs is 1. The largest absolute Gasteiger partial charge is 0.493 e. The van der Waals surface area contributed by atoms with Crippen LogP contribution in [0, 0.1) is 0 Å². The van der Waals surface area contributed by atoms with E-state index in [-0.39, 0.29) is 0 Å². The highest BCUT2D eigenvalue weighted by Crippen LogP contribution is 2.36. The second kappa shape index (κ2) is 3.62. The van der Waals surface area contributed by atoms with Crippen molar-refractivity contribution in [3.8, 4) is 17.2 Å². The molecule has 3 heteroatoms. The van der Waals surface area contributed by atoms with Crippen molar-refractivity contribution in [3.05, 3.63) is 30.0 Å². The monoisotopic (exact) mass is 192 g/mol. The summed E-state index contributed by atoms with van der Waals surface area (Å²) in [7, 11) is 3.24. The van der Waals surface area contributed by atoms with Crippen molar-refractivity contribution in [2.24, 2.45) is 0 Å². The second-order valence-corrected chi connectivity index (χ2v) is 3.01. The summed E-state index contributed by atoms with van der Waals surface area (Å²) in [6.45, 7) is 0. The average molecular weight is 192 g/mol. The van der Waals surface area contributed by atoms with Gasteiger partial charge in [0.05, 0.1) is 20.5 Å². The molecule has 0 atom stereocenters. The number of ether oxygens (including phenoxy) is 3. The maximum absolute atomic E-state index is 5.35. The van der Waals surface area contributed by atoms with E-state index in [1.807, 2.05) is 18.2 Å². The summed E-state index contributed by atoms with van der Waals surface area (Å²) in [6, 6.07) is 3.79. The normalized spacial score (nSPS) is 13.0. The molecule has 1 aliphatic heterocycles. The molecule has 0 amide bonds. The molecular weight excluding hydrogens is 180 g/mol. The van der Waals surface area contributed by atoms with E-state index >= 15 is 0 Å². The van der Waals surface area contributed by atoms with E-state index in [2.05, 4.69) is 0 Å². The van der Waals surface area contributed by atoms with Gasteiger partial charge in [-0.05, 0) is 18.6 Å². The highest BCUT2D eigenvalue weighted by Gasteiger charge is 2.12. The molecule has 0 aromatic heterocycles. The molecule has 1 aromatic carbocycles. The van der Waals surface area contributed by atoms with Gasteiger partial charge in [-0.25, -0.2) is 0 Å². The Morgan fingerprint density at radius 2 is 1.86 bits per heavy atom. The minimum Gasteiger partial charge on any atom is -0.493 e.